The predicted molar refractivity (Wildman–Crippen MR) is 117 cm³/mol. The normalized spacial score (nSPS) is 17.6. The Morgan fingerprint density at radius 3 is 2.53 bits per heavy atom. The number of rotatable bonds is 5. The van der Waals surface area contributed by atoms with Gasteiger partial charge in [-0.15, -0.1) is 0 Å². The fraction of sp³-hybridized carbons (Fsp3) is 0.435. The van der Waals surface area contributed by atoms with Crippen molar-refractivity contribution in [3.63, 3.8) is 0 Å². The van der Waals surface area contributed by atoms with Crippen molar-refractivity contribution in [1.29, 1.82) is 0 Å². The number of ether oxygens (including phenoxy) is 2. The second-order valence-corrected chi connectivity index (χ2v) is 10.1. The average Bonchev–Trinajstić information content (AvgIpc) is 3.04. The number of carbonyl (C=O) groups excluding carboxylic acids is 1. The van der Waals surface area contributed by atoms with Crippen LogP contribution in [0.15, 0.2) is 41.3 Å². The lowest BCUT2D eigenvalue weighted by Crippen LogP contribution is -2.42. The molecule has 0 atom stereocenters. The van der Waals surface area contributed by atoms with Crippen LogP contribution in [0.5, 0.6) is 11.5 Å². The van der Waals surface area contributed by atoms with E-state index in [2.05, 4.69) is 5.32 Å². The van der Waals surface area contributed by atoms with Crippen molar-refractivity contribution in [3.8, 4) is 11.5 Å². The highest BCUT2D eigenvalue weighted by atomic mass is 32.2. The predicted octanol–water partition coefficient (Wildman–Crippen LogP) is 3.01. The van der Waals surface area contributed by atoms with Crippen LogP contribution in [-0.4, -0.2) is 44.9 Å². The van der Waals surface area contributed by atoms with Gasteiger partial charge in [0.25, 0.3) is 0 Å². The molecule has 2 heterocycles. The van der Waals surface area contributed by atoms with Crippen LogP contribution >= 0.6 is 0 Å². The van der Waals surface area contributed by atoms with Crippen LogP contribution < -0.4 is 14.8 Å². The molecule has 1 fully saturated rings. The minimum atomic E-state index is -3.69. The quantitative estimate of drug-likeness (QED) is 0.739. The highest BCUT2D eigenvalue weighted by Crippen LogP contribution is 2.33. The molecule has 0 spiro atoms. The van der Waals surface area contributed by atoms with Gasteiger partial charge in [-0.3, -0.25) is 4.79 Å². The van der Waals surface area contributed by atoms with Gasteiger partial charge in [0.1, 0.15) is 5.82 Å². The molecule has 2 aliphatic heterocycles. The molecule has 2 aromatic carbocycles. The smallest absolute Gasteiger partial charge is 0.243 e. The Morgan fingerprint density at radius 2 is 1.81 bits per heavy atom. The van der Waals surface area contributed by atoms with Gasteiger partial charge < -0.3 is 14.8 Å². The van der Waals surface area contributed by atoms with E-state index in [1.807, 2.05) is 0 Å². The third-order valence-electron chi connectivity index (χ3n) is 5.87. The Hall–Kier alpha value is -2.65. The van der Waals surface area contributed by atoms with E-state index in [-0.39, 0.29) is 35.6 Å². The van der Waals surface area contributed by atoms with Gasteiger partial charge in [0.2, 0.25) is 15.9 Å². The number of carbonyl (C=O) groups is 1. The number of benzene rings is 2. The number of nitrogens with one attached hydrogen (secondary N) is 1. The number of hydrogen-bond acceptors (Lipinski definition) is 5. The Labute approximate surface area is 187 Å². The number of sulfonamides is 1. The van der Waals surface area contributed by atoms with E-state index in [0.29, 0.717) is 49.7 Å². The van der Waals surface area contributed by atoms with E-state index >= 15 is 0 Å². The summed E-state index contributed by atoms with van der Waals surface area (Å²) in [7, 11) is -3.69. The van der Waals surface area contributed by atoms with Crippen molar-refractivity contribution in [2.24, 2.45) is 5.92 Å². The Kier molecular flexibility index (Phi) is 6.66. The molecule has 4 rings (SSSR count). The first kappa shape index (κ1) is 22.5. The summed E-state index contributed by atoms with van der Waals surface area (Å²) >= 11 is 0. The molecule has 0 aromatic heterocycles. The molecule has 2 aliphatic rings. The molecule has 1 amide bonds. The average molecular weight is 463 g/mol. The fourth-order valence-corrected chi connectivity index (χ4v) is 5.45. The molecule has 32 heavy (non-hydrogen) atoms. The van der Waals surface area contributed by atoms with Crippen LogP contribution in [0.2, 0.25) is 0 Å². The maximum absolute atomic E-state index is 13.4. The molecular formula is C23H27FN2O5S. The summed E-state index contributed by atoms with van der Waals surface area (Å²) in [5.41, 5.74) is 1.36. The third kappa shape index (κ3) is 4.88. The Balaban J connectivity index is 1.34. The van der Waals surface area contributed by atoms with Crippen LogP contribution in [0.1, 0.15) is 30.4 Å². The highest BCUT2D eigenvalue weighted by Gasteiger charge is 2.32. The van der Waals surface area contributed by atoms with Crippen molar-refractivity contribution in [2.45, 2.75) is 37.6 Å². The first-order chi connectivity index (χ1) is 15.3. The fourth-order valence-electron chi connectivity index (χ4n) is 3.96. The number of fused-ring (bicyclic) bond motifs is 1. The summed E-state index contributed by atoms with van der Waals surface area (Å²) in [6.07, 6.45) is 1.63. The SMILES string of the molecule is Cc1cc(CNC(=O)C2CCN(S(=O)(=O)c3ccc4c(c3)OCCCO4)CC2)ccc1F. The minimum Gasteiger partial charge on any atom is -0.490 e. The molecule has 0 radical (unpaired) electrons. The lowest BCUT2D eigenvalue weighted by Gasteiger charge is -2.30. The van der Waals surface area contributed by atoms with Crippen molar-refractivity contribution >= 4 is 15.9 Å². The molecule has 0 saturated carbocycles. The van der Waals surface area contributed by atoms with Crippen LogP contribution in [0, 0.1) is 18.7 Å². The number of halogens is 1. The molecule has 2 aromatic rings. The van der Waals surface area contributed by atoms with Crippen molar-refractivity contribution in [1.82, 2.24) is 9.62 Å². The summed E-state index contributed by atoms with van der Waals surface area (Å²) in [5, 5.41) is 2.88. The topological polar surface area (TPSA) is 84.9 Å². The molecule has 172 valence electrons. The van der Waals surface area contributed by atoms with E-state index < -0.39 is 10.0 Å². The standard InChI is InChI=1S/C23H27FN2O5S/c1-16-13-17(3-5-20(16)24)15-25-23(27)18-7-9-26(10-8-18)32(28,29)19-4-6-21-22(14-19)31-12-2-11-30-21/h3-6,13-14,18H,2,7-12,15H2,1H3,(H,25,27). The van der Waals surface area contributed by atoms with Crippen molar-refractivity contribution < 1.29 is 27.1 Å². The molecule has 1 saturated heterocycles. The first-order valence-corrected chi connectivity index (χ1v) is 12.2. The van der Waals surface area contributed by atoms with E-state index in [4.69, 9.17) is 9.47 Å². The van der Waals surface area contributed by atoms with Gasteiger partial charge in [0.15, 0.2) is 11.5 Å². The first-order valence-electron chi connectivity index (χ1n) is 10.8. The summed E-state index contributed by atoms with van der Waals surface area (Å²) in [6, 6.07) is 9.42. The van der Waals surface area contributed by atoms with Gasteiger partial charge in [-0.2, -0.15) is 4.31 Å². The van der Waals surface area contributed by atoms with Gasteiger partial charge in [0.05, 0.1) is 18.1 Å². The van der Waals surface area contributed by atoms with Crippen LogP contribution in [0.25, 0.3) is 0 Å². The number of nitrogens with zero attached hydrogens (tertiary/aromatic N) is 1. The zero-order chi connectivity index (χ0) is 22.7. The number of hydrogen-bond donors (Lipinski definition) is 1. The summed E-state index contributed by atoms with van der Waals surface area (Å²) in [6.45, 7) is 3.55. The minimum absolute atomic E-state index is 0.111. The second kappa shape index (κ2) is 9.46. The zero-order valence-corrected chi connectivity index (χ0v) is 18.8. The van der Waals surface area contributed by atoms with Crippen LogP contribution in [0.4, 0.5) is 4.39 Å². The zero-order valence-electron chi connectivity index (χ0n) is 18.0. The van der Waals surface area contributed by atoms with Gasteiger partial charge >= 0.3 is 0 Å². The lowest BCUT2D eigenvalue weighted by atomic mass is 9.97. The van der Waals surface area contributed by atoms with Crippen molar-refractivity contribution in [3.05, 3.63) is 53.3 Å². The molecular weight excluding hydrogens is 435 g/mol. The molecule has 7 nitrogen and oxygen atoms in total. The Bertz CT molecular complexity index is 1100. The monoisotopic (exact) mass is 462 g/mol. The van der Waals surface area contributed by atoms with Gasteiger partial charge in [-0.05, 0) is 49.1 Å². The number of amides is 1. The molecule has 0 unspecified atom stereocenters. The summed E-state index contributed by atoms with van der Waals surface area (Å²) < 4.78 is 52.2. The molecule has 9 heteroatoms. The van der Waals surface area contributed by atoms with Gasteiger partial charge in [-0.25, -0.2) is 12.8 Å². The molecule has 0 bridgehead atoms. The summed E-state index contributed by atoms with van der Waals surface area (Å²) in [5.74, 6) is 0.343. The van der Waals surface area contributed by atoms with Crippen molar-refractivity contribution in [2.75, 3.05) is 26.3 Å². The summed E-state index contributed by atoms with van der Waals surface area (Å²) in [4.78, 5) is 12.7. The maximum Gasteiger partial charge on any atom is 0.243 e. The largest absolute Gasteiger partial charge is 0.490 e. The molecule has 1 N–H and O–H groups in total. The van der Waals surface area contributed by atoms with Gasteiger partial charge in [-0.1, -0.05) is 12.1 Å². The Morgan fingerprint density at radius 1 is 1.09 bits per heavy atom. The van der Waals surface area contributed by atoms with Gasteiger partial charge in [0, 0.05) is 38.0 Å². The van der Waals surface area contributed by atoms with E-state index in [0.717, 1.165) is 12.0 Å². The molecule has 0 aliphatic carbocycles. The number of piperidine rings is 1. The maximum atomic E-state index is 13.4. The highest BCUT2D eigenvalue weighted by molar-refractivity contribution is 7.89. The van der Waals surface area contributed by atoms with E-state index in [1.165, 1.54) is 22.5 Å². The lowest BCUT2D eigenvalue weighted by molar-refractivity contribution is -0.126. The number of aryl methyl sites for hydroxylation is 1. The van der Waals surface area contributed by atoms with Crippen LogP contribution in [-0.2, 0) is 21.4 Å². The third-order valence-corrected chi connectivity index (χ3v) is 7.77. The second-order valence-electron chi connectivity index (χ2n) is 8.14. The van der Waals surface area contributed by atoms with E-state index in [9.17, 15) is 17.6 Å². The van der Waals surface area contributed by atoms with Crippen LogP contribution in [0.3, 0.4) is 0 Å². The van der Waals surface area contributed by atoms with E-state index in [1.54, 1.807) is 25.1 Å².